The highest BCUT2D eigenvalue weighted by Gasteiger charge is 2.44. The number of ketones is 1. The number of rotatable bonds is 5. The summed E-state index contributed by atoms with van der Waals surface area (Å²) in [5, 5.41) is 22.3. The molecule has 0 spiro atoms. The first-order chi connectivity index (χ1) is 13.9. The van der Waals surface area contributed by atoms with E-state index in [4.69, 9.17) is 0 Å². The van der Waals surface area contributed by atoms with Gasteiger partial charge in [-0.15, -0.1) is 0 Å². The number of benzene rings is 3. The van der Waals surface area contributed by atoms with Crippen molar-refractivity contribution in [2.45, 2.75) is 5.60 Å². The van der Waals surface area contributed by atoms with Crippen LogP contribution < -0.4 is 4.90 Å². The lowest BCUT2D eigenvalue weighted by Crippen LogP contribution is -2.59. The first kappa shape index (κ1) is 18.8. The molecule has 7 heteroatoms. The van der Waals surface area contributed by atoms with Crippen LogP contribution in [0.2, 0.25) is 0 Å². The Morgan fingerprint density at radius 2 is 1.66 bits per heavy atom. The van der Waals surface area contributed by atoms with Crippen molar-refractivity contribution in [3.05, 3.63) is 105 Å². The van der Waals surface area contributed by atoms with E-state index >= 15 is 0 Å². The summed E-state index contributed by atoms with van der Waals surface area (Å²) >= 11 is 0. The van der Waals surface area contributed by atoms with E-state index in [1.54, 1.807) is 41.3 Å². The molecule has 0 unspecified atom stereocenters. The van der Waals surface area contributed by atoms with Crippen LogP contribution in [-0.4, -0.2) is 28.9 Å². The van der Waals surface area contributed by atoms with E-state index in [9.17, 15) is 24.4 Å². The highest BCUT2D eigenvalue weighted by atomic mass is 19.1. The molecule has 1 heterocycles. The average molecular weight is 392 g/mol. The van der Waals surface area contributed by atoms with Gasteiger partial charge in [0.05, 0.1) is 18.0 Å². The number of halogens is 1. The molecule has 6 nitrogen and oxygen atoms in total. The Morgan fingerprint density at radius 1 is 1.00 bits per heavy atom. The molecular weight excluding hydrogens is 375 g/mol. The number of hydrogen-bond donors (Lipinski definition) is 1. The van der Waals surface area contributed by atoms with Crippen molar-refractivity contribution < 1.29 is 19.2 Å². The molecule has 1 saturated heterocycles. The van der Waals surface area contributed by atoms with Crippen LogP contribution in [0.4, 0.5) is 15.8 Å². The van der Waals surface area contributed by atoms with Crippen LogP contribution in [0.1, 0.15) is 21.5 Å². The highest BCUT2D eigenvalue weighted by Crippen LogP contribution is 2.40. The molecule has 0 atom stereocenters. The molecule has 1 aliphatic rings. The standard InChI is InChI=1S/C22H17FN2O4/c23-18-9-7-17(8-10-18)22(27)13-24(14-22)19-11-6-16(12-20(19)25(28)29)21(26)15-4-2-1-3-5-15/h1-12,27H,13-14H2. The number of β-amino-alcohol motifs (C(OH)–C–C–N with tert-alkyl or cyclic N) is 1. The number of carbonyl (C=O) groups is 1. The number of anilines is 1. The van der Waals surface area contributed by atoms with E-state index in [0.29, 0.717) is 16.8 Å². The summed E-state index contributed by atoms with van der Waals surface area (Å²) in [4.78, 5) is 25.3. The molecule has 4 rings (SSSR count). The van der Waals surface area contributed by atoms with Gasteiger partial charge in [-0.3, -0.25) is 14.9 Å². The summed E-state index contributed by atoms with van der Waals surface area (Å²) in [6, 6.07) is 18.4. The smallest absolute Gasteiger partial charge is 0.293 e. The molecule has 3 aromatic carbocycles. The third-order valence-corrected chi connectivity index (χ3v) is 5.10. The second kappa shape index (κ2) is 7.10. The van der Waals surface area contributed by atoms with Gasteiger partial charge >= 0.3 is 0 Å². The van der Waals surface area contributed by atoms with Crippen molar-refractivity contribution in [3.8, 4) is 0 Å². The quantitative estimate of drug-likeness (QED) is 0.407. The van der Waals surface area contributed by atoms with Crippen molar-refractivity contribution >= 4 is 17.2 Å². The first-order valence-corrected chi connectivity index (χ1v) is 8.99. The van der Waals surface area contributed by atoms with Gasteiger partial charge in [-0.1, -0.05) is 42.5 Å². The summed E-state index contributed by atoms with van der Waals surface area (Å²) in [5.41, 5.74) is 0.137. The van der Waals surface area contributed by atoms with Crippen LogP contribution in [0.5, 0.6) is 0 Å². The Morgan fingerprint density at radius 3 is 2.28 bits per heavy atom. The summed E-state index contributed by atoms with van der Waals surface area (Å²) in [6.07, 6.45) is 0. The van der Waals surface area contributed by atoms with Crippen LogP contribution in [-0.2, 0) is 5.60 Å². The number of nitrogens with zero attached hydrogens (tertiary/aromatic N) is 2. The molecule has 0 amide bonds. The van der Waals surface area contributed by atoms with Crippen LogP contribution in [0.15, 0.2) is 72.8 Å². The predicted molar refractivity (Wildman–Crippen MR) is 105 cm³/mol. The Bertz CT molecular complexity index is 1080. The van der Waals surface area contributed by atoms with Crippen molar-refractivity contribution in [3.63, 3.8) is 0 Å². The largest absolute Gasteiger partial charge is 0.381 e. The predicted octanol–water partition coefficient (Wildman–Crippen LogP) is 3.67. The molecule has 3 aromatic rings. The fraction of sp³-hybridized carbons (Fsp3) is 0.136. The van der Waals surface area contributed by atoms with Crippen molar-refractivity contribution in [1.82, 2.24) is 0 Å². The second-order valence-electron chi connectivity index (χ2n) is 7.05. The van der Waals surface area contributed by atoms with E-state index in [1.807, 2.05) is 0 Å². The van der Waals surface area contributed by atoms with E-state index < -0.39 is 16.3 Å². The molecule has 0 saturated carbocycles. The minimum Gasteiger partial charge on any atom is -0.381 e. The van der Waals surface area contributed by atoms with E-state index in [-0.39, 0.29) is 30.1 Å². The number of hydrogen-bond acceptors (Lipinski definition) is 5. The summed E-state index contributed by atoms with van der Waals surface area (Å²) in [6.45, 7) is 0.261. The Hall–Kier alpha value is -3.58. The second-order valence-corrected chi connectivity index (χ2v) is 7.05. The van der Waals surface area contributed by atoms with Gasteiger partial charge in [0.15, 0.2) is 5.78 Å². The Balaban J connectivity index is 1.60. The SMILES string of the molecule is O=C(c1ccccc1)c1ccc(N2CC(O)(c3ccc(F)cc3)C2)c([N+](=O)[O-])c1. The summed E-state index contributed by atoms with van der Waals surface area (Å²) in [5.74, 6) is -0.700. The third-order valence-electron chi connectivity index (χ3n) is 5.10. The van der Waals surface area contributed by atoms with Gasteiger partial charge in [0.1, 0.15) is 17.1 Å². The zero-order chi connectivity index (χ0) is 20.6. The van der Waals surface area contributed by atoms with Crippen molar-refractivity contribution in [1.29, 1.82) is 0 Å². The number of aliphatic hydroxyl groups is 1. The van der Waals surface area contributed by atoms with Gasteiger partial charge < -0.3 is 10.0 Å². The number of nitro benzene ring substituents is 1. The van der Waals surface area contributed by atoms with Crippen LogP contribution in [0.25, 0.3) is 0 Å². The molecule has 1 aliphatic heterocycles. The zero-order valence-electron chi connectivity index (χ0n) is 15.3. The number of carbonyl (C=O) groups excluding carboxylic acids is 1. The number of nitro groups is 1. The minimum absolute atomic E-state index is 0.130. The highest BCUT2D eigenvalue weighted by molar-refractivity contribution is 6.09. The van der Waals surface area contributed by atoms with E-state index in [2.05, 4.69) is 0 Å². The molecule has 146 valence electrons. The maximum absolute atomic E-state index is 13.1. The van der Waals surface area contributed by atoms with Crippen molar-refractivity contribution in [2.24, 2.45) is 0 Å². The summed E-state index contributed by atoms with van der Waals surface area (Å²) < 4.78 is 13.1. The van der Waals surface area contributed by atoms with Crippen LogP contribution in [0.3, 0.4) is 0 Å². The zero-order valence-corrected chi connectivity index (χ0v) is 15.3. The van der Waals surface area contributed by atoms with Gasteiger partial charge in [-0.25, -0.2) is 4.39 Å². The topological polar surface area (TPSA) is 83.7 Å². The fourth-order valence-corrected chi connectivity index (χ4v) is 3.53. The van der Waals surface area contributed by atoms with Gasteiger partial charge in [0, 0.05) is 17.2 Å². The van der Waals surface area contributed by atoms with Crippen LogP contribution in [0, 0.1) is 15.9 Å². The lowest BCUT2D eigenvalue weighted by atomic mass is 9.85. The molecule has 29 heavy (non-hydrogen) atoms. The molecule has 0 aliphatic carbocycles. The maximum Gasteiger partial charge on any atom is 0.293 e. The van der Waals surface area contributed by atoms with Gasteiger partial charge in [0.25, 0.3) is 5.69 Å². The Labute approximate surface area is 166 Å². The Kier molecular flexibility index (Phi) is 4.60. The van der Waals surface area contributed by atoms with Crippen molar-refractivity contribution in [2.75, 3.05) is 18.0 Å². The lowest BCUT2D eigenvalue weighted by molar-refractivity contribution is -0.384. The van der Waals surface area contributed by atoms with Gasteiger partial charge in [0.2, 0.25) is 0 Å². The van der Waals surface area contributed by atoms with E-state index in [1.165, 1.54) is 36.4 Å². The molecule has 0 aromatic heterocycles. The fourth-order valence-electron chi connectivity index (χ4n) is 3.53. The third kappa shape index (κ3) is 3.48. The monoisotopic (exact) mass is 392 g/mol. The normalized spacial score (nSPS) is 14.9. The minimum atomic E-state index is -1.21. The molecule has 1 fully saturated rings. The van der Waals surface area contributed by atoms with E-state index in [0.717, 1.165) is 0 Å². The molecule has 0 radical (unpaired) electrons. The maximum atomic E-state index is 13.1. The lowest BCUT2D eigenvalue weighted by Gasteiger charge is -2.47. The van der Waals surface area contributed by atoms with Crippen LogP contribution >= 0.6 is 0 Å². The molecule has 1 N–H and O–H groups in total. The molecular formula is C22H17FN2O4. The first-order valence-electron chi connectivity index (χ1n) is 8.99. The van der Waals surface area contributed by atoms with Gasteiger partial charge in [-0.05, 0) is 29.8 Å². The average Bonchev–Trinajstić information content (AvgIpc) is 2.71. The molecule has 0 bridgehead atoms. The van der Waals surface area contributed by atoms with Gasteiger partial charge in [-0.2, -0.15) is 0 Å². The summed E-state index contributed by atoms with van der Waals surface area (Å²) in [7, 11) is 0.